The molecule has 2 fully saturated rings. The van der Waals surface area contributed by atoms with Gasteiger partial charge in [0.25, 0.3) is 5.91 Å². The third-order valence-corrected chi connectivity index (χ3v) is 10.8. The molecule has 49 heavy (non-hydrogen) atoms. The molecular weight excluding hydrogens is 690 g/mol. The Labute approximate surface area is 295 Å². The van der Waals surface area contributed by atoms with Crippen molar-refractivity contribution >= 4 is 45.3 Å². The van der Waals surface area contributed by atoms with E-state index < -0.39 is 41.7 Å². The molecule has 0 unspecified atom stereocenters. The van der Waals surface area contributed by atoms with Gasteiger partial charge in [-0.25, -0.2) is 0 Å². The monoisotopic (exact) mass is 733 g/mol. The molecule has 3 amide bonds. The van der Waals surface area contributed by atoms with E-state index in [1.165, 1.54) is 0 Å². The van der Waals surface area contributed by atoms with E-state index in [4.69, 9.17) is 9.47 Å². The first kappa shape index (κ1) is 35.0. The van der Waals surface area contributed by atoms with E-state index in [1.807, 2.05) is 80.6 Å². The third kappa shape index (κ3) is 6.72. The number of para-hydroxylation sites is 1. The number of hydrogen-bond acceptors (Lipinski definition) is 7. The molecule has 260 valence electrons. The molecule has 1 spiro atoms. The summed E-state index contributed by atoms with van der Waals surface area (Å²) in [7, 11) is 0. The van der Waals surface area contributed by atoms with Crippen molar-refractivity contribution in [2.24, 2.45) is 11.8 Å². The Morgan fingerprint density at radius 1 is 0.939 bits per heavy atom. The van der Waals surface area contributed by atoms with Gasteiger partial charge >= 0.3 is 5.97 Å². The van der Waals surface area contributed by atoms with E-state index in [2.05, 4.69) is 21.2 Å². The van der Waals surface area contributed by atoms with Gasteiger partial charge in [-0.05, 0) is 55.9 Å². The van der Waals surface area contributed by atoms with Crippen molar-refractivity contribution in [1.29, 1.82) is 0 Å². The van der Waals surface area contributed by atoms with Crippen LogP contribution < -0.4 is 10.2 Å². The normalized spacial score (nSPS) is 29.5. The van der Waals surface area contributed by atoms with Gasteiger partial charge in [-0.1, -0.05) is 89.5 Å². The highest BCUT2D eigenvalue weighted by molar-refractivity contribution is 9.11. The predicted molar refractivity (Wildman–Crippen MR) is 188 cm³/mol. The predicted octanol–water partition coefficient (Wildman–Crippen LogP) is 4.81. The summed E-state index contributed by atoms with van der Waals surface area (Å²) < 4.78 is 13.4. The molecule has 0 radical (unpaired) electrons. The van der Waals surface area contributed by atoms with Gasteiger partial charge in [0, 0.05) is 36.3 Å². The van der Waals surface area contributed by atoms with Crippen LogP contribution in [0.4, 0.5) is 5.69 Å². The number of likely N-dealkylation sites (tertiary alicyclic amines) is 1. The van der Waals surface area contributed by atoms with Crippen LogP contribution in [0.2, 0.25) is 0 Å². The number of nitrogens with one attached hydrogen (secondary N) is 1. The van der Waals surface area contributed by atoms with Crippen molar-refractivity contribution < 1.29 is 33.8 Å². The molecule has 4 aliphatic rings. The van der Waals surface area contributed by atoms with Crippen LogP contribution in [0.1, 0.15) is 61.3 Å². The van der Waals surface area contributed by atoms with Crippen molar-refractivity contribution in [2.75, 3.05) is 31.1 Å². The highest BCUT2D eigenvalue weighted by atomic mass is 79.9. The number of aliphatic hydroxyl groups excluding tert-OH is 1. The summed E-state index contributed by atoms with van der Waals surface area (Å²) in [6, 6.07) is 14.0. The number of cyclic esters (lactones) is 1. The quantitative estimate of drug-likeness (QED) is 0.227. The SMILES string of the molecule is Cc1cccc(C)c1N1C/C=C\CCC(=O)NC[C@@H](c2ccccc2)OC(=O)[C@@H]2[C@H]3O[C@@]4(C=C3Br)[C@H](C1=O)N(CCCCCCO)C(=O)[C@@H]24. The van der Waals surface area contributed by atoms with Gasteiger partial charge in [-0.15, -0.1) is 0 Å². The summed E-state index contributed by atoms with van der Waals surface area (Å²) >= 11 is 3.63. The lowest BCUT2D eigenvalue weighted by molar-refractivity contribution is -0.159. The van der Waals surface area contributed by atoms with Crippen LogP contribution in [0.25, 0.3) is 0 Å². The number of fused-ring (bicyclic) bond motifs is 2. The highest BCUT2D eigenvalue weighted by Crippen LogP contribution is 2.59. The first-order valence-electron chi connectivity index (χ1n) is 17.2. The zero-order valence-electron chi connectivity index (χ0n) is 28.0. The van der Waals surface area contributed by atoms with E-state index in [-0.39, 0.29) is 43.8 Å². The fourth-order valence-electron chi connectivity index (χ4n) is 7.85. The summed E-state index contributed by atoms with van der Waals surface area (Å²) in [5.41, 5.74) is 1.88. The molecule has 5 bridgehead atoms. The summed E-state index contributed by atoms with van der Waals surface area (Å²) in [5.74, 6) is -3.41. The number of rotatable bonds is 8. The summed E-state index contributed by atoms with van der Waals surface area (Å²) in [5, 5.41) is 12.2. The summed E-state index contributed by atoms with van der Waals surface area (Å²) in [6.07, 6.45) is 7.53. The summed E-state index contributed by atoms with van der Waals surface area (Å²) in [6.45, 7) is 4.59. The van der Waals surface area contributed by atoms with E-state index in [9.17, 15) is 19.5 Å². The van der Waals surface area contributed by atoms with Gasteiger partial charge in [0.15, 0.2) is 0 Å². The minimum absolute atomic E-state index is 0.0682. The first-order valence-corrected chi connectivity index (χ1v) is 18.0. The second-order valence-electron chi connectivity index (χ2n) is 13.3. The zero-order chi connectivity index (χ0) is 34.7. The van der Waals surface area contributed by atoms with Crippen LogP contribution in [-0.4, -0.2) is 77.7 Å². The molecule has 0 aromatic heterocycles. The lowest BCUT2D eigenvalue weighted by Gasteiger charge is -2.36. The number of carbonyl (C=O) groups is 4. The van der Waals surface area contributed by atoms with Gasteiger partial charge in [-0.2, -0.15) is 0 Å². The number of aliphatic hydroxyl groups is 1. The average Bonchev–Trinajstić information content (AvgIpc) is 3.68. The van der Waals surface area contributed by atoms with Gasteiger partial charge in [-0.3, -0.25) is 19.2 Å². The lowest BCUT2D eigenvalue weighted by Crippen LogP contribution is -2.56. The van der Waals surface area contributed by atoms with Crippen molar-refractivity contribution in [3.63, 3.8) is 0 Å². The largest absolute Gasteiger partial charge is 0.455 e. The number of benzene rings is 2. The van der Waals surface area contributed by atoms with Crippen LogP contribution in [0, 0.1) is 25.7 Å². The third-order valence-electron chi connectivity index (χ3n) is 10.1. The Hall–Kier alpha value is -3.80. The minimum Gasteiger partial charge on any atom is -0.455 e. The molecule has 4 aliphatic heterocycles. The Balaban J connectivity index is 1.44. The van der Waals surface area contributed by atoms with E-state index >= 15 is 4.79 Å². The van der Waals surface area contributed by atoms with Crippen LogP contribution >= 0.6 is 15.9 Å². The number of carbonyl (C=O) groups excluding carboxylic acids is 4. The number of esters is 1. The Kier molecular flexibility index (Phi) is 10.7. The van der Waals surface area contributed by atoms with E-state index in [0.717, 1.165) is 29.7 Å². The Bertz CT molecular complexity index is 1620. The number of nitrogens with zero attached hydrogens (tertiary/aromatic N) is 2. The number of halogens is 1. The molecular formula is C38H44BrN3O7. The molecule has 4 heterocycles. The molecule has 2 aromatic carbocycles. The van der Waals surface area contributed by atoms with Crippen LogP contribution in [0.5, 0.6) is 0 Å². The fourth-order valence-corrected chi connectivity index (χ4v) is 8.58. The lowest BCUT2D eigenvalue weighted by atomic mass is 9.74. The number of anilines is 1. The maximum atomic E-state index is 15.2. The van der Waals surface area contributed by atoms with E-state index in [1.54, 1.807) is 9.80 Å². The molecule has 11 heteroatoms. The van der Waals surface area contributed by atoms with Crippen molar-refractivity contribution in [3.05, 3.63) is 87.9 Å². The topological polar surface area (TPSA) is 125 Å². The van der Waals surface area contributed by atoms with Gasteiger partial charge in [0.2, 0.25) is 11.8 Å². The molecule has 10 nitrogen and oxygen atoms in total. The molecule has 2 aromatic rings. The molecule has 0 saturated carbocycles. The highest BCUT2D eigenvalue weighted by Gasteiger charge is 2.75. The maximum absolute atomic E-state index is 15.2. The first-order chi connectivity index (χ1) is 23.7. The molecule has 6 atom stereocenters. The number of aryl methyl sites for hydroxylation is 2. The van der Waals surface area contributed by atoms with Gasteiger partial charge in [0.1, 0.15) is 29.8 Å². The van der Waals surface area contributed by atoms with Gasteiger partial charge < -0.3 is 29.7 Å². The average molecular weight is 735 g/mol. The summed E-state index contributed by atoms with van der Waals surface area (Å²) in [4.78, 5) is 60.3. The van der Waals surface area contributed by atoms with Crippen LogP contribution in [0.3, 0.4) is 0 Å². The Morgan fingerprint density at radius 3 is 2.41 bits per heavy atom. The second-order valence-corrected chi connectivity index (χ2v) is 14.3. The number of allylic oxidation sites excluding steroid dienone is 1. The molecule has 2 N–H and O–H groups in total. The zero-order valence-corrected chi connectivity index (χ0v) is 29.6. The number of unbranched alkanes of at least 4 members (excludes halogenated alkanes) is 3. The van der Waals surface area contributed by atoms with E-state index in [0.29, 0.717) is 35.9 Å². The maximum Gasteiger partial charge on any atom is 0.313 e. The molecule has 2 saturated heterocycles. The number of ether oxygens (including phenoxy) is 2. The Morgan fingerprint density at radius 2 is 1.67 bits per heavy atom. The fraction of sp³-hybridized carbons (Fsp3) is 0.474. The van der Waals surface area contributed by atoms with Crippen molar-refractivity contribution in [1.82, 2.24) is 10.2 Å². The standard InChI is InChI=1S/C38H44BrN3O7/c1-24-14-13-15-25(2)32(24)41-19-11-6-9-18-29(44)40-23-28(26-16-7-5-8-17-26)48-37(47)30-31-35(45)42(20-10-3-4-12-21-43)34(36(41)46)38(31)22-27(39)33(30)49-38/h5-8,11,13-17,22,28,30-31,33-34,43H,3-4,9-10,12,18-21,23H2,1-2H3,(H,40,44)/b11-6-/t28-,30-,31+,33-,34-,38+/m0/s1. The second kappa shape index (κ2) is 15.0. The number of amides is 3. The minimum atomic E-state index is -1.39. The van der Waals surface area contributed by atoms with Crippen molar-refractivity contribution in [2.45, 2.75) is 76.2 Å². The smallest absolute Gasteiger partial charge is 0.313 e. The molecule has 6 rings (SSSR count). The van der Waals surface area contributed by atoms with Crippen LogP contribution in [0.15, 0.2) is 71.2 Å². The number of hydrogen-bond donors (Lipinski definition) is 2. The van der Waals surface area contributed by atoms with Gasteiger partial charge in [0.05, 0.1) is 12.5 Å². The molecule has 0 aliphatic carbocycles. The van der Waals surface area contributed by atoms with Crippen molar-refractivity contribution in [3.8, 4) is 0 Å². The van der Waals surface area contributed by atoms with Crippen LogP contribution in [-0.2, 0) is 28.7 Å².